The van der Waals surface area contributed by atoms with Crippen LogP contribution in [-0.4, -0.2) is 32.0 Å². The predicted molar refractivity (Wildman–Crippen MR) is 86.9 cm³/mol. The number of anilines is 1. The van der Waals surface area contributed by atoms with E-state index in [4.69, 9.17) is 11.6 Å². The largest absolute Gasteiger partial charge is 0.302 e. The molecule has 0 N–H and O–H groups in total. The fraction of sp³-hybridized carbons (Fsp3) is 0.250. The van der Waals surface area contributed by atoms with Crippen molar-refractivity contribution in [3.8, 4) is 0 Å². The summed E-state index contributed by atoms with van der Waals surface area (Å²) in [5.41, 5.74) is 1.79. The number of benzene rings is 1. The zero-order chi connectivity index (χ0) is 16.8. The first-order valence-electron chi connectivity index (χ1n) is 7.53. The van der Waals surface area contributed by atoms with Gasteiger partial charge in [0.05, 0.1) is 5.69 Å². The van der Waals surface area contributed by atoms with Crippen molar-refractivity contribution in [3.63, 3.8) is 0 Å². The summed E-state index contributed by atoms with van der Waals surface area (Å²) in [7, 11) is 0. The van der Waals surface area contributed by atoms with Crippen LogP contribution in [-0.2, 0) is 6.42 Å². The van der Waals surface area contributed by atoms with E-state index >= 15 is 0 Å². The Bertz CT molecular complexity index is 971. The Balaban J connectivity index is 1.79. The maximum absolute atomic E-state index is 14.4. The third-order valence-electron chi connectivity index (χ3n) is 4.07. The average Bonchev–Trinajstić information content (AvgIpc) is 2.99. The first kappa shape index (κ1) is 15.0. The first-order valence-corrected chi connectivity index (χ1v) is 7.90. The number of halogens is 2. The molecule has 3 heterocycles. The monoisotopic (exact) mass is 345 g/mol. The van der Waals surface area contributed by atoms with Crippen LogP contribution in [0.2, 0.25) is 5.02 Å². The molecular weight excluding hydrogens is 333 g/mol. The molecule has 8 heteroatoms. The van der Waals surface area contributed by atoms with Crippen molar-refractivity contribution in [2.45, 2.75) is 19.8 Å². The number of nitrogens with zero attached hydrogens (tertiary/aromatic N) is 5. The second-order valence-corrected chi connectivity index (χ2v) is 6.13. The summed E-state index contributed by atoms with van der Waals surface area (Å²) in [5.74, 6) is -0.614. The van der Waals surface area contributed by atoms with Crippen LogP contribution in [0.25, 0.3) is 5.78 Å². The molecule has 1 aliphatic heterocycles. The van der Waals surface area contributed by atoms with Crippen LogP contribution in [0.5, 0.6) is 0 Å². The molecule has 0 saturated carbocycles. The van der Waals surface area contributed by atoms with E-state index < -0.39 is 11.7 Å². The summed E-state index contributed by atoms with van der Waals surface area (Å²) in [6.45, 7) is 2.25. The molecule has 3 aromatic rings. The number of carbonyl (C=O) groups excluding carboxylic acids is 1. The Labute approximate surface area is 141 Å². The van der Waals surface area contributed by atoms with Crippen molar-refractivity contribution in [1.82, 2.24) is 19.6 Å². The number of amides is 1. The molecule has 0 bridgehead atoms. The Kier molecular flexibility index (Phi) is 3.45. The van der Waals surface area contributed by atoms with Gasteiger partial charge in [-0.1, -0.05) is 11.6 Å². The molecule has 1 amide bonds. The quantitative estimate of drug-likeness (QED) is 0.680. The number of hydrogen-bond donors (Lipinski definition) is 0. The first-order chi connectivity index (χ1) is 11.5. The summed E-state index contributed by atoms with van der Waals surface area (Å²) in [6.07, 6.45) is 3.00. The van der Waals surface area contributed by atoms with Crippen LogP contribution in [0.3, 0.4) is 0 Å². The Morgan fingerprint density at radius 1 is 1.38 bits per heavy atom. The second kappa shape index (κ2) is 5.52. The highest BCUT2D eigenvalue weighted by molar-refractivity contribution is 6.30. The zero-order valence-corrected chi connectivity index (χ0v) is 13.6. The van der Waals surface area contributed by atoms with Gasteiger partial charge in [0.2, 0.25) is 5.82 Å². The van der Waals surface area contributed by atoms with Crippen LogP contribution in [0.15, 0.2) is 24.4 Å². The Morgan fingerprint density at radius 2 is 2.21 bits per heavy atom. The fourth-order valence-corrected chi connectivity index (χ4v) is 3.20. The standard InChI is InChI=1S/C16H13ClFN5O/c1-9-4-5-19-16-20-14(21-23(9)16)15(24)22-6-2-3-10-7-11(17)8-12(18)13(10)22/h4-5,7-8H,2-3,6H2,1H3. The maximum atomic E-state index is 14.4. The third-order valence-corrected chi connectivity index (χ3v) is 4.29. The molecule has 6 nitrogen and oxygen atoms in total. The second-order valence-electron chi connectivity index (χ2n) is 5.69. The van der Waals surface area contributed by atoms with E-state index in [9.17, 15) is 9.18 Å². The molecule has 4 rings (SSSR count). The van der Waals surface area contributed by atoms with E-state index in [1.54, 1.807) is 18.3 Å². The van der Waals surface area contributed by atoms with E-state index in [1.165, 1.54) is 15.5 Å². The van der Waals surface area contributed by atoms with E-state index in [0.29, 0.717) is 23.8 Å². The van der Waals surface area contributed by atoms with E-state index in [1.807, 2.05) is 6.92 Å². The van der Waals surface area contributed by atoms with Gasteiger partial charge in [-0.05, 0) is 43.5 Å². The normalized spacial score (nSPS) is 14.0. The molecule has 24 heavy (non-hydrogen) atoms. The smallest absolute Gasteiger partial charge is 0.298 e. The molecule has 0 fully saturated rings. The van der Waals surface area contributed by atoms with E-state index in [0.717, 1.165) is 17.7 Å². The lowest BCUT2D eigenvalue weighted by atomic mass is 10.0. The Morgan fingerprint density at radius 3 is 3.00 bits per heavy atom. The molecule has 2 aromatic heterocycles. The molecule has 0 unspecified atom stereocenters. The number of hydrogen-bond acceptors (Lipinski definition) is 4. The van der Waals surface area contributed by atoms with Gasteiger partial charge >= 0.3 is 0 Å². The summed E-state index contributed by atoms with van der Waals surface area (Å²) >= 11 is 5.92. The van der Waals surface area contributed by atoms with Crippen molar-refractivity contribution in [1.29, 1.82) is 0 Å². The number of carbonyl (C=O) groups is 1. The fourth-order valence-electron chi connectivity index (χ4n) is 2.97. The highest BCUT2D eigenvalue weighted by Gasteiger charge is 2.29. The van der Waals surface area contributed by atoms with Gasteiger partial charge in [-0.3, -0.25) is 4.79 Å². The lowest BCUT2D eigenvalue weighted by molar-refractivity contribution is 0.0974. The van der Waals surface area contributed by atoms with E-state index in [2.05, 4.69) is 15.1 Å². The van der Waals surface area contributed by atoms with Gasteiger partial charge in [0, 0.05) is 23.5 Å². The van der Waals surface area contributed by atoms with Crippen molar-refractivity contribution in [3.05, 3.63) is 52.3 Å². The van der Waals surface area contributed by atoms with Gasteiger partial charge in [-0.2, -0.15) is 4.98 Å². The van der Waals surface area contributed by atoms with Crippen LogP contribution >= 0.6 is 11.6 Å². The molecule has 122 valence electrons. The van der Waals surface area contributed by atoms with Gasteiger partial charge in [-0.15, -0.1) is 5.10 Å². The topological polar surface area (TPSA) is 63.4 Å². The molecule has 0 atom stereocenters. The summed E-state index contributed by atoms with van der Waals surface area (Å²) in [6, 6.07) is 4.69. The van der Waals surface area contributed by atoms with E-state index in [-0.39, 0.29) is 11.5 Å². The highest BCUT2D eigenvalue weighted by Crippen LogP contribution is 2.33. The molecule has 1 aliphatic rings. The third kappa shape index (κ3) is 2.32. The van der Waals surface area contributed by atoms with Crippen molar-refractivity contribution in [2.75, 3.05) is 11.4 Å². The van der Waals surface area contributed by atoms with Gasteiger partial charge in [0.25, 0.3) is 11.7 Å². The van der Waals surface area contributed by atoms with Gasteiger partial charge in [0.15, 0.2) is 0 Å². The van der Waals surface area contributed by atoms with Crippen LogP contribution in [0.4, 0.5) is 10.1 Å². The number of aromatic nitrogens is 4. The highest BCUT2D eigenvalue weighted by atomic mass is 35.5. The van der Waals surface area contributed by atoms with Crippen LogP contribution < -0.4 is 4.90 Å². The molecule has 0 spiro atoms. The average molecular weight is 346 g/mol. The Hall–Kier alpha value is -2.54. The molecule has 0 saturated heterocycles. The summed E-state index contributed by atoms with van der Waals surface area (Å²) in [4.78, 5) is 22.5. The zero-order valence-electron chi connectivity index (χ0n) is 12.8. The molecule has 0 radical (unpaired) electrons. The predicted octanol–water partition coefficient (Wildman–Crippen LogP) is 2.82. The van der Waals surface area contributed by atoms with Gasteiger partial charge < -0.3 is 4.90 Å². The number of aryl methyl sites for hydroxylation is 2. The molecule has 1 aromatic carbocycles. The minimum Gasteiger partial charge on any atom is -0.302 e. The number of rotatable bonds is 1. The SMILES string of the molecule is Cc1ccnc2nc(C(=O)N3CCCc4cc(Cl)cc(F)c43)nn12. The van der Waals surface area contributed by atoms with Crippen LogP contribution in [0.1, 0.15) is 28.3 Å². The van der Waals surface area contributed by atoms with Crippen LogP contribution in [0, 0.1) is 12.7 Å². The number of fused-ring (bicyclic) bond motifs is 2. The lowest BCUT2D eigenvalue weighted by Gasteiger charge is -2.29. The van der Waals surface area contributed by atoms with Gasteiger partial charge in [-0.25, -0.2) is 13.9 Å². The van der Waals surface area contributed by atoms with Crippen molar-refractivity contribution >= 4 is 29.0 Å². The minimum atomic E-state index is -0.511. The van der Waals surface area contributed by atoms with Crippen molar-refractivity contribution in [2.24, 2.45) is 0 Å². The molecule has 0 aliphatic carbocycles. The lowest BCUT2D eigenvalue weighted by Crippen LogP contribution is -2.37. The van der Waals surface area contributed by atoms with Crippen molar-refractivity contribution < 1.29 is 9.18 Å². The minimum absolute atomic E-state index is 0.000926. The van der Waals surface area contributed by atoms with Gasteiger partial charge in [0.1, 0.15) is 5.82 Å². The summed E-state index contributed by atoms with van der Waals surface area (Å²) in [5, 5.41) is 4.54. The maximum Gasteiger partial charge on any atom is 0.298 e. The molecular formula is C16H13ClFN5O. The summed E-state index contributed by atoms with van der Waals surface area (Å²) < 4.78 is 15.9.